The number of hydrogen-bond acceptors (Lipinski definition) is 14. The zero-order valence-electron chi connectivity index (χ0n) is 40.8. The van der Waals surface area contributed by atoms with Gasteiger partial charge in [0, 0.05) is 58.1 Å². The quantitative estimate of drug-likeness (QED) is 0.0410. The zero-order chi connectivity index (χ0) is 51.5. The molecule has 0 heterocycles. The van der Waals surface area contributed by atoms with Crippen LogP contribution in [0, 0.1) is 5.92 Å². The van der Waals surface area contributed by atoms with Crippen molar-refractivity contribution in [2.24, 2.45) is 5.92 Å². The van der Waals surface area contributed by atoms with E-state index in [0.29, 0.717) is 12.8 Å². The van der Waals surface area contributed by atoms with Crippen molar-refractivity contribution in [1.29, 1.82) is 0 Å². The van der Waals surface area contributed by atoms with Crippen molar-refractivity contribution in [2.45, 2.75) is 180 Å². The summed E-state index contributed by atoms with van der Waals surface area (Å²) in [6.07, 6.45) is 15.0. The minimum absolute atomic E-state index is 0.00552. The molecule has 0 aromatic rings. The minimum atomic E-state index is -1.32. The average molecular weight is 988 g/mol. The van der Waals surface area contributed by atoms with Crippen LogP contribution in [0.4, 0.5) is 0 Å². The van der Waals surface area contributed by atoms with Gasteiger partial charge in [0.25, 0.3) is 0 Å². The Bertz CT molecular complexity index is 1530. The third-order valence-corrected chi connectivity index (χ3v) is 10.9. The molecule has 69 heavy (non-hydrogen) atoms. The Morgan fingerprint density at radius 2 is 0.870 bits per heavy atom. The van der Waals surface area contributed by atoms with E-state index in [1.807, 2.05) is 0 Å². The first-order valence-electron chi connectivity index (χ1n) is 24.6. The summed E-state index contributed by atoms with van der Waals surface area (Å²) < 4.78 is 21.3. The molecule has 0 fully saturated rings. The Kier molecular flexibility index (Phi) is 40.1. The fraction of sp³-hybridized carbons (Fsp3) is 0.792. The van der Waals surface area contributed by atoms with Gasteiger partial charge >= 0.3 is 23.9 Å². The molecule has 0 saturated heterocycles. The number of amides is 3. The third kappa shape index (κ3) is 41.8. The molecule has 0 aromatic carbocycles. The van der Waals surface area contributed by atoms with Crippen molar-refractivity contribution in [3.8, 4) is 0 Å². The van der Waals surface area contributed by atoms with Crippen molar-refractivity contribution in [3.63, 3.8) is 0 Å². The predicted octanol–water partition coefficient (Wildman–Crippen LogP) is 4.57. The number of ketones is 3. The summed E-state index contributed by atoms with van der Waals surface area (Å²) in [6, 6.07) is -2.42. The van der Waals surface area contributed by atoms with Crippen LogP contribution in [0.5, 0.6) is 0 Å². The number of nitrogens with one attached hydrogen (secondary N) is 3. The molecule has 0 saturated carbocycles. The number of carboxylic acids is 4. The second kappa shape index (κ2) is 43.2. The van der Waals surface area contributed by atoms with Crippen molar-refractivity contribution < 1.29 is 87.3 Å². The van der Waals surface area contributed by atoms with E-state index in [-0.39, 0.29) is 141 Å². The molecule has 0 radical (unpaired) electrons. The number of Topliss-reactive ketones (excluding diaryl/α,β-unsaturated/α-hetero) is 3. The molecule has 21 nitrogen and oxygen atoms in total. The molecule has 0 bridgehead atoms. The third-order valence-electron chi connectivity index (χ3n) is 10.9. The first kappa shape index (κ1) is 64.1. The maximum atomic E-state index is 12.4. The summed E-state index contributed by atoms with van der Waals surface area (Å²) in [7, 11) is 0. The number of carbonyl (C=O) groups excluding carboxylic acids is 6. The lowest BCUT2D eigenvalue weighted by atomic mass is 9.97. The van der Waals surface area contributed by atoms with Crippen LogP contribution in [0.15, 0.2) is 0 Å². The largest absolute Gasteiger partial charge is 0.481 e. The normalized spacial score (nSPS) is 12.4. The molecule has 396 valence electrons. The summed E-state index contributed by atoms with van der Waals surface area (Å²) in [5.74, 6) is -8.02. The van der Waals surface area contributed by atoms with Crippen molar-refractivity contribution >= 4 is 58.9 Å². The van der Waals surface area contributed by atoms with Gasteiger partial charge in [-0.1, -0.05) is 77.0 Å². The van der Waals surface area contributed by atoms with Gasteiger partial charge in [-0.3, -0.25) is 33.6 Å². The summed E-state index contributed by atoms with van der Waals surface area (Å²) >= 11 is 0. The van der Waals surface area contributed by atoms with Crippen LogP contribution in [-0.4, -0.2) is 151 Å². The first-order chi connectivity index (χ1) is 33.0. The molecule has 1 unspecified atom stereocenters. The van der Waals surface area contributed by atoms with E-state index in [2.05, 4.69) is 16.0 Å². The van der Waals surface area contributed by atoms with E-state index in [1.54, 1.807) is 0 Å². The summed E-state index contributed by atoms with van der Waals surface area (Å²) in [5, 5.41) is 44.3. The Hall–Kier alpha value is -4.86. The van der Waals surface area contributed by atoms with Crippen LogP contribution in [-0.2, 0) is 66.9 Å². The highest BCUT2D eigenvalue weighted by Gasteiger charge is 2.25. The van der Waals surface area contributed by atoms with Crippen LogP contribution in [0.1, 0.15) is 167 Å². The van der Waals surface area contributed by atoms with Gasteiger partial charge in [-0.2, -0.15) is 0 Å². The average Bonchev–Trinajstić information content (AvgIpc) is 3.28. The van der Waals surface area contributed by atoms with Gasteiger partial charge in [-0.25, -0.2) is 9.59 Å². The molecule has 0 rings (SSSR count). The van der Waals surface area contributed by atoms with Gasteiger partial charge in [-0.05, 0) is 45.4 Å². The topological polar surface area (TPSA) is 325 Å². The predicted molar refractivity (Wildman–Crippen MR) is 250 cm³/mol. The van der Waals surface area contributed by atoms with Crippen molar-refractivity contribution in [3.05, 3.63) is 0 Å². The molecule has 0 aliphatic heterocycles. The summed E-state index contributed by atoms with van der Waals surface area (Å²) in [6.45, 7) is 1.71. The van der Waals surface area contributed by atoms with Gasteiger partial charge in [0.15, 0.2) is 5.78 Å². The lowest BCUT2D eigenvalue weighted by molar-refractivity contribution is -0.145. The molecule has 3 atom stereocenters. The molecule has 0 aliphatic rings. The van der Waals surface area contributed by atoms with Crippen molar-refractivity contribution in [1.82, 2.24) is 16.0 Å². The first-order valence-corrected chi connectivity index (χ1v) is 24.6. The Balaban J connectivity index is 3.85. The van der Waals surface area contributed by atoms with Crippen LogP contribution in [0.3, 0.4) is 0 Å². The van der Waals surface area contributed by atoms with Crippen LogP contribution >= 0.6 is 0 Å². The Morgan fingerprint density at radius 1 is 0.406 bits per heavy atom. The van der Waals surface area contributed by atoms with E-state index in [9.17, 15) is 63.3 Å². The summed E-state index contributed by atoms with van der Waals surface area (Å²) in [5.41, 5.74) is 0. The SMILES string of the molecule is CC(=O)CCC(NC(=O)CC[C@H](CC(=O)COCCOCCNC(=O)COCCOCCCC(=O)CC[C@H](NC(=O)CCCCCCCCCCCCCCCCC(=O)O)C(=O)O)C(=O)O)C(=O)O. The number of rotatable bonds is 50. The number of aliphatic carboxylic acids is 4. The number of carbonyl (C=O) groups is 10. The summed E-state index contributed by atoms with van der Waals surface area (Å²) in [4.78, 5) is 117. The molecular formula is C48H81N3O18. The number of unbranched alkanes of at least 4 members (excludes halogenated alkanes) is 13. The zero-order valence-corrected chi connectivity index (χ0v) is 40.8. The maximum absolute atomic E-state index is 12.4. The number of carboxylic acid groups (broad SMARTS) is 4. The fourth-order valence-electron chi connectivity index (χ4n) is 6.94. The van der Waals surface area contributed by atoms with E-state index in [4.69, 9.17) is 24.1 Å². The molecule has 0 spiro atoms. The number of hydrogen-bond donors (Lipinski definition) is 7. The smallest absolute Gasteiger partial charge is 0.326 e. The van der Waals surface area contributed by atoms with Gasteiger partial charge in [0.1, 0.15) is 36.9 Å². The lowest BCUT2D eigenvalue weighted by Gasteiger charge is -2.15. The molecule has 7 N–H and O–H groups in total. The highest BCUT2D eigenvalue weighted by atomic mass is 16.5. The van der Waals surface area contributed by atoms with Gasteiger partial charge in [0.2, 0.25) is 17.7 Å². The number of ether oxygens (including phenoxy) is 4. The van der Waals surface area contributed by atoms with Gasteiger partial charge in [-0.15, -0.1) is 0 Å². The molecule has 0 aliphatic carbocycles. The monoisotopic (exact) mass is 988 g/mol. The van der Waals surface area contributed by atoms with Crippen LogP contribution in [0.25, 0.3) is 0 Å². The van der Waals surface area contributed by atoms with Crippen molar-refractivity contribution in [2.75, 3.05) is 59.4 Å². The fourth-order valence-corrected chi connectivity index (χ4v) is 6.94. The van der Waals surface area contributed by atoms with E-state index >= 15 is 0 Å². The standard InChI is InChI=1S/C48H81N3O18/c1-36(52)20-23-40(47(62)63)51-43(56)25-21-37(46(60)61)33-39(54)34-68-31-30-67-28-26-49-44(57)35-69-32-29-66-27-16-17-38(53)22-24-41(48(64)65)50-42(55)18-14-12-10-8-6-4-2-3-5-7-9-11-13-15-19-45(58)59/h37,40-41H,2-35H2,1H3,(H,49,57)(H,50,55)(H,51,56)(H,58,59)(H,60,61)(H,62,63)(H,64,65)/t37-,40?,41+/m1/s1. The van der Waals surface area contributed by atoms with Gasteiger partial charge < -0.3 is 60.1 Å². The highest BCUT2D eigenvalue weighted by molar-refractivity contribution is 5.87. The van der Waals surface area contributed by atoms with Crippen LogP contribution in [0.2, 0.25) is 0 Å². The second-order valence-electron chi connectivity index (χ2n) is 17.2. The van der Waals surface area contributed by atoms with Gasteiger partial charge in [0.05, 0.1) is 39.0 Å². The minimum Gasteiger partial charge on any atom is -0.481 e. The second-order valence-corrected chi connectivity index (χ2v) is 17.2. The molecular weight excluding hydrogens is 907 g/mol. The van der Waals surface area contributed by atoms with E-state index in [0.717, 1.165) is 44.9 Å². The molecule has 21 heteroatoms. The Labute approximate surface area is 406 Å². The van der Waals surface area contributed by atoms with E-state index < -0.39 is 60.0 Å². The van der Waals surface area contributed by atoms with E-state index in [1.165, 1.54) is 45.4 Å². The maximum Gasteiger partial charge on any atom is 0.326 e. The molecule has 3 amide bonds. The van der Waals surface area contributed by atoms with Crippen LogP contribution < -0.4 is 16.0 Å². The highest BCUT2D eigenvalue weighted by Crippen LogP contribution is 2.15. The Morgan fingerprint density at radius 3 is 1.38 bits per heavy atom. The molecule has 0 aromatic heterocycles. The lowest BCUT2D eigenvalue weighted by Crippen LogP contribution is -2.41.